The van der Waals surface area contributed by atoms with Crippen LogP contribution in [0.2, 0.25) is 0 Å². The fourth-order valence-electron chi connectivity index (χ4n) is 3.70. The van der Waals surface area contributed by atoms with E-state index in [-0.39, 0.29) is 17.4 Å². The Kier molecular flexibility index (Phi) is 7.46. The van der Waals surface area contributed by atoms with E-state index < -0.39 is 0 Å². The fraction of sp³-hybridized carbons (Fsp3) is 0.423. The molecule has 1 unspecified atom stereocenters. The minimum absolute atomic E-state index is 0.0657. The zero-order valence-electron chi connectivity index (χ0n) is 18.8. The van der Waals surface area contributed by atoms with Crippen molar-refractivity contribution in [1.82, 2.24) is 9.80 Å². The van der Waals surface area contributed by atoms with Crippen LogP contribution in [0.25, 0.3) is 6.08 Å². The van der Waals surface area contributed by atoms with Crippen molar-refractivity contribution in [2.24, 2.45) is 0 Å². The summed E-state index contributed by atoms with van der Waals surface area (Å²) in [7, 11) is 0. The van der Waals surface area contributed by atoms with Crippen molar-refractivity contribution < 1.29 is 4.79 Å². The minimum atomic E-state index is -0.130. The van der Waals surface area contributed by atoms with E-state index >= 15 is 0 Å². The van der Waals surface area contributed by atoms with E-state index in [1.165, 1.54) is 11.1 Å². The van der Waals surface area contributed by atoms with Gasteiger partial charge in [0.05, 0.1) is 6.04 Å². The van der Waals surface area contributed by atoms with Crippen molar-refractivity contribution in [1.29, 1.82) is 0 Å². The molecule has 4 nitrogen and oxygen atoms in total. The minimum Gasteiger partial charge on any atom is -0.325 e. The number of hydrogen-bond donors (Lipinski definition) is 1. The molecule has 0 aliphatic carbocycles. The molecule has 30 heavy (non-hydrogen) atoms. The third kappa shape index (κ3) is 6.28. The molecule has 1 atom stereocenters. The van der Waals surface area contributed by atoms with Gasteiger partial charge in [0, 0.05) is 38.4 Å². The second-order valence-corrected chi connectivity index (χ2v) is 9.14. The predicted octanol–water partition coefficient (Wildman–Crippen LogP) is 4.64. The number of carbonyl (C=O) groups is 1. The van der Waals surface area contributed by atoms with Crippen LogP contribution in [0.4, 0.5) is 5.69 Å². The lowest BCUT2D eigenvalue weighted by molar-refractivity contribution is -0.121. The van der Waals surface area contributed by atoms with Crippen molar-refractivity contribution >= 4 is 17.7 Å². The molecule has 0 bridgehead atoms. The highest BCUT2D eigenvalue weighted by molar-refractivity contribution is 5.94. The summed E-state index contributed by atoms with van der Waals surface area (Å²) in [6.07, 6.45) is 4.40. The Hall–Kier alpha value is -2.43. The number of amides is 1. The van der Waals surface area contributed by atoms with Crippen LogP contribution in [0.15, 0.2) is 60.7 Å². The number of nitrogens with zero attached hydrogens (tertiary/aromatic N) is 2. The molecule has 2 aromatic carbocycles. The van der Waals surface area contributed by atoms with E-state index in [4.69, 9.17) is 0 Å². The summed E-state index contributed by atoms with van der Waals surface area (Å²) in [5.41, 5.74) is 3.48. The Labute approximate surface area is 181 Å². The highest BCUT2D eigenvalue weighted by Gasteiger charge is 2.25. The lowest BCUT2D eigenvalue weighted by atomic mass is 9.87. The van der Waals surface area contributed by atoms with Gasteiger partial charge in [-0.05, 0) is 35.6 Å². The Morgan fingerprint density at radius 2 is 1.63 bits per heavy atom. The summed E-state index contributed by atoms with van der Waals surface area (Å²) in [6.45, 7) is 13.3. The first-order valence-corrected chi connectivity index (χ1v) is 10.9. The second-order valence-electron chi connectivity index (χ2n) is 9.14. The topological polar surface area (TPSA) is 35.6 Å². The smallest absolute Gasteiger partial charge is 0.241 e. The first kappa shape index (κ1) is 22.3. The molecule has 1 saturated heterocycles. The van der Waals surface area contributed by atoms with Crippen molar-refractivity contribution in [2.75, 3.05) is 38.0 Å². The van der Waals surface area contributed by atoms with Gasteiger partial charge in [-0.25, -0.2) is 0 Å². The Morgan fingerprint density at radius 3 is 2.23 bits per heavy atom. The lowest BCUT2D eigenvalue weighted by Gasteiger charge is -2.37. The Morgan fingerprint density at radius 1 is 1.00 bits per heavy atom. The third-order valence-electron chi connectivity index (χ3n) is 5.83. The number of rotatable bonds is 6. The molecule has 4 heteroatoms. The Balaban J connectivity index is 1.44. The number of nitrogens with one attached hydrogen (secondary N) is 1. The van der Waals surface area contributed by atoms with Crippen LogP contribution >= 0.6 is 0 Å². The predicted molar refractivity (Wildman–Crippen MR) is 127 cm³/mol. The van der Waals surface area contributed by atoms with Gasteiger partial charge in [0.2, 0.25) is 5.91 Å². The van der Waals surface area contributed by atoms with E-state index in [9.17, 15) is 4.79 Å². The van der Waals surface area contributed by atoms with E-state index in [0.717, 1.165) is 38.4 Å². The zero-order valence-corrected chi connectivity index (χ0v) is 18.8. The molecule has 1 N–H and O–H groups in total. The van der Waals surface area contributed by atoms with Gasteiger partial charge in [0.15, 0.2) is 0 Å². The van der Waals surface area contributed by atoms with Crippen LogP contribution in [-0.2, 0) is 10.2 Å². The number of benzene rings is 2. The maximum absolute atomic E-state index is 12.7. The molecule has 0 aromatic heterocycles. The molecule has 3 rings (SSSR count). The van der Waals surface area contributed by atoms with Gasteiger partial charge in [-0.3, -0.25) is 14.6 Å². The SMILES string of the molecule is CC(C(=O)Nc1ccc(C(C)(C)C)cc1)N1CCN(C/C=C/c2ccccc2)CC1. The molecular formula is C26H35N3O. The summed E-state index contributed by atoms with van der Waals surface area (Å²) >= 11 is 0. The molecule has 160 valence electrons. The van der Waals surface area contributed by atoms with Crippen LogP contribution in [0, 0.1) is 0 Å². The summed E-state index contributed by atoms with van der Waals surface area (Å²) in [6, 6.07) is 18.5. The largest absolute Gasteiger partial charge is 0.325 e. The van der Waals surface area contributed by atoms with Gasteiger partial charge in [-0.1, -0.05) is 75.4 Å². The molecular weight excluding hydrogens is 370 g/mol. The van der Waals surface area contributed by atoms with Crippen LogP contribution in [0.5, 0.6) is 0 Å². The average molecular weight is 406 g/mol. The van der Waals surface area contributed by atoms with E-state index in [1.807, 2.05) is 25.1 Å². The summed E-state index contributed by atoms with van der Waals surface area (Å²) in [4.78, 5) is 17.4. The standard InChI is InChI=1S/C26H35N3O/c1-21(25(30)27-24-14-12-23(13-15-24)26(2,3)4)29-19-17-28(18-20-29)16-8-11-22-9-6-5-7-10-22/h5-15,21H,16-20H2,1-4H3,(H,27,30)/b11-8+. The van der Waals surface area contributed by atoms with E-state index in [0.29, 0.717) is 0 Å². The van der Waals surface area contributed by atoms with Crippen molar-refractivity contribution in [3.8, 4) is 0 Å². The van der Waals surface area contributed by atoms with Crippen LogP contribution in [0.1, 0.15) is 38.8 Å². The molecule has 0 saturated carbocycles. The molecule has 1 aliphatic heterocycles. The third-order valence-corrected chi connectivity index (χ3v) is 5.83. The molecule has 0 spiro atoms. The van der Waals surface area contributed by atoms with E-state index in [2.05, 4.69) is 84.4 Å². The number of carbonyl (C=O) groups excluding carboxylic acids is 1. The van der Waals surface area contributed by atoms with Crippen LogP contribution in [0.3, 0.4) is 0 Å². The van der Waals surface area contributed by atoms with Crippen molar-refractivity contribution in [3.63, 3.8) is 0 Å². The molecule has 1 fully saturated rings. The second kappa shape index (κ2) is 10.1. The van der Waals surface area contributed by atoms with E-state index in [1.54, 1.807) is 0 Å². The molecule has 1 heterocycles. The zero-order chi connectivity index (χ0) is 21.6. The Bertz CT molecular complexity index is 829. The summed E-state index contributed by atoms with van der Waals surface area (Å²) in [5.74, 6) is 0.0657. The van der Waals surface area contributed by atoms with Gasteiger partial charge in [0.25, 0.3) is 0 Å². The number of hydrogen-bond acceptors (Lipinski definition) is 3. The summed E-state index contributed by atoms with van der Waals surface area (Å²) < 4.78 is 0. The quantitative estimate of drug-likeness (QED) is 0.760. The van der Waals surface area contributed by atoms with Gasteiger partial charge >= 0.3 is 0 Å². The lowest BCUT2D eigenvalue weighted by Crippen LogP contribution is -2.52. The van der Waals surface area contributed by atoms with Crippen LogP contribution < -0.4 is 5.32 Å². The average Bonchev–Trinajstić information content (AvgIpc) is 2.74. The monoisotopic (exact) mass is 405 g/mol. The highest BCUT2D eigenvalue weighted by Crippen LogP contribution is 2.23. The normalized spacial score (nSPS) is 17.2. The molecule has 1 amide bonds. The maximum Gasteiger partial charge on any atom is 0.241 e. The summed E-state index contributed by atoms with van der Waals surface area (Å²) in [5, 5.41) is 3.08. The van der Waals surface area contributed by atoms with Crippen molar-refractivity contribution in [3.05, 3.63) is 71.8 Å². The van der Waals surface area contributed by atoms with Gasteiger partial charge < -0.3 is 5.32 Å². The van der Waals surface area contributed by atoms with Crippen molar-refractivity contribution in [2.45, 2.75) is 39.2 Å². The van der Waals surface area contributed by atoms with Gasteiger partial charge in [-0.15, -0.1) is 0 Å². The highest BCUT2D eigenvalue weighted by atomic mass is 16.2. The first-order valence-electron chi connectivity index (χ1n) is 10.9. The molecule has 0 radical (unpaired) electrons. The number of anilines is 1. The van der Waals surface area contributed by atoms with Gasteiger partial charge in [0.1, 0.15) is 0 Å². The molecule has 2 aromatic rings. The fourth-order valence-corrected chi connectivity index (χ4v) is 3.70. The van der Waals surface area contributed by atoms with Crippen LogP contribution in [-0.4, -0.2) is 54.5 Å². The molecule has 1 aliphatic rings. The first-order chi connectivity index (χ1) is 14.3. The maximum atomic E-state index is 12.7. The number of piperazine rings is 1. The van der Waals surface area contributed by atoms with Gasteiger partial charge in [-0.2, -0.15) is 0 Å².